The summed E-state index contributed by atoms with van der Waals surface area (Å²) < 4.78 is 19.1. The summed E-state index contributed by atoms with van der Waals surface area (Å²) in [7, 11) is 0. The normalized spacial score (nSPS) is 23.4. The number of halogens is 1. The Balaban J connectivity index is 1.82. The monoisotopic (exact) mass is 357 g/mol. The maximum Gasteiger partial charge on any atom is 0.333 e. The molecule has 4 atom stereocenters. The van der Waals surface area contributed by atoms with Crippen LogP contribution in [0.5, 0.6) is 0 Å². The summed E-state index contributed by atoms with van der Waals surface area (Å²) in [6, 6.07) is 14.7. The van der Waals surface area contributed by atoms with Gasteiger partial charge in [0.1, 0.15) is 11.9 Å². The quantitative estimate of drug-likeness (QED) is 0.863. The number of ether oxygens (including phenoxy) is 1. The molecule has 0 aromatic heterocycles. The molecular formula is C20H20FNO4. The first-order valence-electron chi connectivity index (χ1n) is 8.44. The fourth-order valence-corrected chi connectivity index (χ4v) is 3.22. The van der Waals surface area contributed by atoms with Crippen LogP contribution in [0.2, 0.25) is 0 Å². The fourth-order valence-electron chi connectivity index (χ4n) is 3.22. The van der Waals surface area contributed by atoms with Crippen molar-refractivity contribution < 1.29 is 23.8 Å². The molecular weight excluding hydrogens is 337 g/mol. The number of carboxylic acid groups (broad SMARTS) is 1. The van der Waals surface area contributed by atoms with Crippen molar-refractivity contribution in [3.05, 3.63) is 71.5 Å². The van der Waals surface area contributed by atoms with Crippen LogP contribution in [0.25, 0.3) is 0 Å². The summed E-state index contributed by atoms with van der Waals surface area (Å²) in [6.07, 6.45) is -1.51. The van der Waals surface area contributed by atoms with Gasteiger partial charge in [0, 0.05) is 0 Å². The van der Waals surface area contributed by atoms with E-state index >= 15 is 0 Å². The first-order chi connectivity index (χ1) is 12.5. The zero-order chi connectivity index (χ0) is 18.7. The summed E-state index contributed by atoms with van der Waals surface area (Å²) in [5.74, 6) is -2.13. The van der Waals surface area contributed by atoms with E-state index in [0.29, 0.717) is 12.0 Å². The van der Waals surface area contributed by atoms with Gasteiger partial charge in [-0.15, -0.1) is 0 Å². The van der Waals surface area contributed by atoms with Gasteiger partial charge in [-0.1, -0.05) is 49.4 Å². The zero-order valence-corrected chi connectivity index (χ0v) is 14.3. The lowest BCUT2D eigenvalue weighted by atomic mass is 9.97. The van der Waals surface area contributed by atoms with Crippen molar-refractivity contribution in [2.24, 2.45) is 5.92 Å². The molecule has 1 aliphatic heterocycles. The van der Waals surface area contributed by atoms with Gasteiger partial charge in [-0.2, -0.15) is 0 Å². The summed E-state index contributed by atoms with van der Waals surface area (Å²) in [5, 5.41) is 12.0. The van der Waals surface area contributed by atoms with E-state index in [-0.39, 0.29) is 5.92 Å². The zero-order valence-electron chi connectivity index (χ0n) is 14.3. The number of amides is 1. The van der Waals surface area contributed by atoms with E-state index in [2.05, 4.69) is 5.32 Å². The van der Waals surface area contributed by atoms with Gasteiger partial charge in [-0.3, -0.25) is 4.79 Å². The van der Waals surface area contributed by atoms with Crippen molar-refractivity contribution in [2.45, 2.75) is 31.6 Å². The number of hydrogen-bond donors (Lipinski definition) is 2. The lowest BCUT2D eigenvalue weighted by Gasteiger charge is -2.22. The van der Waals surface area contributed by atoms with Crippen molar-refractivity contribution >= 4 is 11.9 Å². The standard InChI is InChI=1S/C20H20FNO4/c1-12-10-16(26-18(12)20(24)25)19(23)22-17(13-6-3-2-4-7-13)14-8-5-9-15(21)11-14/h2-9,11-12,16-18H,10H2,1H3,(H,22,23)(H,24,25)/t12-,16-,17?,18-/m1/s1. The number of hydrogen-bond acceptors (Lipinski definition) is 3. The average molecular weight is 357 g/mol. The van der Waals surface area contributed by atoms with E-state index < -0.39 is 35.9 Å². The van der Waals surface area contributed by atoms with Crippen LogP contribution in [-0.4, -0.2) is 29.2 Å². The summed E-state index contributed by atoms with van der Waals surface area (Å²) in [6.45, 7) is 1.74. The van der Waals surface area contributed by atoms with Crippen LogP contribution in [0.3, 0.4) is 0 Å². The van der Waals surface area contributed by atoms with Crippen LogP contribution < -0.4 is 5.32 Å². The molecule has 0 saturated carbocycles. The van der Waals surface area contributed by atoms with Crippen molar-refractivity contribution in [1.29, 1.82) is 0 Å². The minimum atomic E-state index is -1.07. The predicted octanol–water partition coefficient (Wildman–Crippen LogP) is 2.91. The van der Waals surface area contributed by atoms with E-state index in [1.165, 1.54) is 12.1 Å². The van der Waals surface area contributed by atoms with Gasteiger partial charge in [-0.25, -0.2) is 9.18 Å². The molecule has 3 rings (SSSR count). The minimum absolute atomic E-state index is 0.257. The largest absolute Gasteiger partial charge is 0.479 e. The predicted molar refractivity (Wildman–Crippen MR) is 92.9 cm³/mol. The number of rotatable bonds is 5. The van der Waals surface area contributed by atoms with Crippen LogP contribution in [0.4, 0.5) is 4.39 Å². The lowest BCUT2D eigenvalue weighted by molar-refractivity contribution is -0.153. The van der Waals surface area contributed by atoms with Crippen LogP contribution in [0.1, 0.15) is 30.5 Å². The number of benzene rings is 2. The van der Waals surface area contributed by atoms with Crippen molar-refractivity contribution in [3.63, 3.8) is 0 Å². The Morgan fingerprint density at radius 2 is 1.85 bits per heavy atom. The SMILES string of the molecule is C[C@@H]1C[C@H](C(=O)NC(c2ccccc2)c2cccc(F)c2)O[C@H]1C(=O)O. The van der Waals surface area contributed by atoms with Gasteiger partial charge in [0.05, 0.1) is 6.04 Å². The highest BCUT2D eigenvalue weighted by Crippen LogP contribution is 2.28. The number of carboxylic acids is 1. The summed E-state index contributed by atoms with van der Waals surface area (Å²) >= 11 is 0. The third kappa shape index (κ3) is 3.91. The van der Waals surface area contributed by atoms with Gasteiger partial charge < -0.3 is 15.2 Å². The number of carbonyl (C=O) groups excluding carboxylic acids is 1. The highest BCUT2D eigenvalue weighted by molar-refractivity contribution is 5.83. The second-order valence-electron chi connectivity index (χ2n) is 6.50. The Labute approximate surface area is 150 Å². The Hall–Kier alpha value is -2.73. The Bertz CT molecular complexity index is 795. The highest BCUT2D eigenvalue weighted by Gasteiger charge is 2.41. The molecule has 1 fully saturated rings. The molecule has 136 valence electrons. The summed E-state index contributed by atoms with van der Waals surface area (Å²) in [4.78, 5) is 23.9. The van der Waals surface area contributed by atoms with Crippen LogP contribution in [-0.2, 0) is 14.3 Å². The minimum Gasteiger partial charge on any atom is -0.479 e. The molecule has 2 aromatic carbocycles. The van der Waals surface area contributed by atoms with E-state index in [0.717, 1.165) is 5.56 Å². The molecule has 1 saturated heterocycles. The molecule has 1 heterocycles. The molecule has 5 nitrogen and oxygen atoms in total. The lowest BCUT2D eigenvalue weighted by Crippen LogP contribution is -2.38. The molecule has 1 unspecified atom stereocenters. The van der Waals surface area contributed by atoms with Crippen molar-refractivity contribution in [1.82, 2.24) is 5.32 Å². The summed E-state index contributed by atoms with van der Waals surface area (Å²) in [5.41, 5.74) is 1.40. The third-order valence-electron chi connectivity index (χ3n) is 4.55. The van der Waals surface area contributed by atoms with Gasteiger partial charge in [0.15, 0.2) is 6.10 Å². The van der Waals surface area contributed by atoms with Gasteiger partial charge in [-0.05, 0) is 35.6 Å². The topological polar surface area (TPSA) is 75.6 Å². The van der Waals surface area contributed by atoms with Gasteiger partial charge >= 0.3 is 5.97 Å². The Morgan fingerprint density at radius 1 is 1.15 bits per heavy atom. The highest BCUT2D eigenvalue weighted by atomic mass is 19.1. The number of nitrogens with one attached hydrogen (secondary N) is 1. The van der Waals surface area contributed by atoms with Crippen LogP contribution in [0.15, 0.2) is 54.6 Å². The molecule has 26 heavy (non-hydrogen) atoms. The molecule has 1 aliphatic rings. The fraction of sp³-hybridized carbons (Fsp3) is 0.300. The number of carbonyl (C=O) groups is 2. The molecule has 0 bridgehead atoms. The maximum atomic E-state index is 13.7. The molecule has 6 heteroatoms. The molecule has 2 aromatic rings. The van der Waals surface area contributed by atoms with Crippen molar-refractivity contribution in [2.75, 3.05) is 0 Å². The second kappa shape index (κ2) is 7.66. The van der Waals surface area contributed by atoms with E-state index in [4.69, 9.17) is 9.84 Å². The van der Waals surface area contributed by atoms with E-state index in [1.807, 2.05) is 30.3 Å². The van der Waals surface area contributed by atoms with E-state index in [9.17, 15) is 14.0 Å². The van der Waals surface area contributed by atoms with Gasteiger partial charge in [0.25, 0.3) is 0 Å². The first-order valence-corrected chi connectivity index (χ1v) is 8.44. The average Bonchev–Trinajstić information content (AvgIpc) is 3.02. The molecule has 2 N–H and O–H groups in total. The van der Waals surface area contributed by atoms with Gasteiger partial charge in [0.2, 0.25) is 5.91 Å². The third-order valence-corrected chi connectivity index (χ3v) is 4.55. The number of aliphatic carboxylic acids is 1. The molecule has 0 radical (unpaired) electrons. The molecule has 0 aliphatic carbocycles. The first kappa shape index (κ1) is 18.1. The van der Waals surface area contributed by atoms with E-state index in [1.54, 1.807) is 19.1 Å². The van der Waals surface area contributed by atoms with Crippen LogP contribution >= 0.6 is 0 Å². The molecule has 1 amide bonds. The van der Waals surface area contributed by atoms with Crippen LogP contribution in [0, 0.1) is 11.7 Å². The Kier molecular flexibility index (Phi) is 5.32. The Morgan fingerprint density at radius 3 is 2.46 bits per heavy atom. The molecule has 0 spiro atoms. The van der Waals surface area contributed by atoms with Crippen molar-refractivity contribution in [3.8, 4) is 0 Å². The second-order valence-corrected chi connectivity index (χ2v) is 6.50. The maximum absolute atomic E-state index is 13.7. The smallest absolute Gasteiger partial charge is 0.333 e.